The van der Waals surface area contributed by atoms with Gasteiger partial charge in [-0.1, -0.05) is 146 Å². The highest BCUT2D eigenvalue weighted by atomic mass is 16.5. The number of ether oxygens (including phenoxy) is 1. The van der Waals surface area contributed by atoms with E-state index in [4.69, 9.17) is 4.74 Å². The summed E-state index contributed by atoms with van der Waals surface area (Å²) in [4.78, 5) is 26.9. The molecule has 0 unspecified atom stereocenters. The van der Waals surface area contributed by atoms with Crippen LogP contribution in [-0.2, 0) is 21.7 Å². The quantitative estimate of drug-likeness (QED) is 0.0674. The van der Waals surface area contributed by atoms with Gasteiger partial charge in [0, 0.05) is 19.0 Å². The molecule has 7 heteroatoms. The lowest BCUT2D eigenvalue weighted by Crippen LogP contribution is -2.49. The van der Waals surface area contributed by atoms with Crippen molar-refractivity contribution < 1.29 is 24.5 Å². The number of fused-ring (bicyclic) bond motifs is 3. The van der Waals surface area contributed by atoms with Crippen molar-refractivity contribution in [2.45, 2.75) is 50.2 Å². The number of hydrogen-bond donors (Lipinski definition) is 3. The Bertz CT molecular complexity index is 1790. The molecule has 0 saturated heterocycles. The monoisotopic (exact) mass is 682 g/mol. The number of nitrogens with zero attached hydrogens (tertiary/aromatic N) is 1. The maximum absolute atomic E-state index is 12.7. The highest BCUT2D eigenvalue weighted by molar-refractivity contribution is 5.79. The van der Waals surface area contributed by atoms with Crippen molar-refractivity contribution in [1.29, 1.82) is 0 Å². The molecule has 0 atom stereocenters. The Morgan fingerprint density at radius 3 is 1.75 bits per heavy atom. The molecule has 0 saturated carbocycles. The Balaban J connectivity index is 1.09. The van der Waals surface area contributed by atoms with Gasteiger partial charge in [-0.15, -0.1) is 0 Å². The zero-order valence-corrected chi connectivity index (χ0v) is 28.9. The molecule has 5 aromatic carbocycles. The van der Waals surface area contributed by atoms with Gasteiger partial charge in [-0.25, -0.2) is 4.79 Å². The van der Waals surface area contributed by atoms with E-state index in [1.165, 1.54) is 22.3 Å². The molecular weight excluding hydrogens is 636 g/mol. The molecule has 3 N–H and O–H groups in total. The fourth-order valence-electron chi connectivity index (χ4n) is 7.56. The van der Waals surface area contributed by atoms with Crippen molar-refractivity contribution in [2.75, 3.05) is 26.2 Å². The SMILES string of the molecule is O=C(O)CCN(CCCCCCNC(=O)OCC1c2ccccc2-c2ccccc21)C(c1ccccc1)(c1ccccc1)c1ccc(CO)cc1. The highest BCUT2D eigenvalue weighted by Gasteiger charge is 2.42. The van der Waals surface area contributed by atoms with Crippen LogP contribution < -0.4 is 5.32 Å². The highest BCUT2D eigenvalue weighted by Crippen LogP contribution is 2.45. The number of carbonyl (C=O) groups excluding carboxylic acids is 1. The normalized spacial score (nSPS) is 12.4. The fraction of sp³-hybridized carbons (Fsp3) is 0.273. The van der Waals surface area contributed by atoms with Crippen LogP contribution in [-0.4, -0.2) is 53.4 Å². The Morgan fingerprint density at radius 1 is 0.647 bits per heavy atom. The lowest BCUT2D eigenvalue weighted by molar-refractivity contribution is -0.137. The van der Waals surface area contributed by atoms with Crippen LogP contribution in [0.25, 0.3) is 11.1 Å². The Kier molecular flexibility index (Phi) is 11.9. The van der Waals surface area contributed by atoms with Crippen LogP contribution in [0.1, 0.15) is 71.4 Å². The molecule has 0 fully saturated rings. The number of aliphatic carboxylic acids is 1. The minimum Gasteiger partial charge on any atom is -0.481 e. The Morgan fingerprint density at radius 2 is 1.18 bits per heavy atom. The smallest absolute Gasteiger partial charge is 0.407 e. The number of unbranched alkanes of at least 4 members (excludes halogenated alkanes) is 3. The first-order valence-corrected chi connectivity index (χ1v) is 17.9. The van der Waals surface area contributed by atoms with E-state index in [0.29, 0.717) is 26.2 Å². The third-order valence-electron chi connectivity index (χ3n) is 9.98. The minimum absolute atomic E-state index is 0.000198. The van der Waals surface area contributed by atoms with Gasteiger partial charge in [0.2, 0.25) is 0 Å². The molecule has 0 aliphatic heterocycles. The van der Waals surface area contributed by atoms with Gasteiger partial charge in [0.05, 0.1) is 18.6 Å². The molecule has 51 heavy (non-hydrogen) atoms. The van der Waals surface area contributed by atoms with Crippen LogP contribution in [0.4, 0.5) is 4.79 Å². The van der Waals surface area contributed by atoms with E-state index in [1.807, 2.05) is 84.9 Å². The molecule has 1 amide bonds. The summed E-state index contributed by atoms with van der Waals surface area (Å²) >= 11 is 0. The van der Waals surface area contributed by atoms with Crippen molar-refractivity contribution in [2.24, 2.45) is 0 Å². The van der Waals surface area contributed by atoms with Gasteiger partial charge in [-0.3, -0.25) is 9.69 Å². The molecule has 0 bridgehead atoms. The van der Waals surface area contributed by atoms with Gasteiger partial charge in [0.15, 0.2) is 0 Å². The molecule has 0 aromatic heterocycles. The number of carboxylic acid groups (broad SMARTS) is 1. The average molecular weight is 683 g/mol. The second kappa shape index (κ2) is 17.1. The summed E-state index contributed by atoms with van der Waals surface area (Å²) in [5.74, 6) is -0.816. The number of aliphatic hydroxyl groups excluding tert-OH is 1. The number of nitrogens with one attached hydrogen (secondary N) is 1. The van der Waals surface area contributed by atoms with Crippen molar-refractivity contribution in [1.82, 2.24) is 10.2 Å². The van der Waals surface area contributed by atoms with E-state index in [1.54, 1.807) is 0 Å². The first-order valence-electron chi connectivity index (χ1n) is 17.9. The first-order chi connectivity index (χ1) is 25.0. The summed E-state index contributed by atoms with van der Waals surface area (Å²) in [5, 5.41) is 22.5. The first kappa shape index (κ1) is 35.6. The average Bonchev–Trinajstić information content (AvgIpc) is 3.50. The molecule has 1 aliphatic carbocycles. The predicted molar refractivity (Wildman–Crippen MR) is 200 cm³/mol. The van der Waals surface area contributed by atoms with E-state index in [9.17, 15) is 19.8 Å². The molecule has 1 aliphatic rings. The summed E-state index contributed by atoms with van der Waals surface area (Å²) in [6, 6.07) is 45.1. The van der Waals surface area contributed by atoms with Crippen molar-refractivity contribution in [3.63, 3.8) is 0 Å². The standard InChI is InChI=1S/C44H46N2O5/c47-31-33-23-25-36(26-24-33)44(34-15-5-3-6-16-34,35-17-7-4-8-18-35)46(30-27-42(48)49)29-14-2-1-13-28-45-43(50)51-32-41-39-21-11-9-19-37(39)38-20-10-12-22-40(38)41/h3-12,15-26,41,47H,1-2,13-14,27-32H2,(H,45,50)(H,48,49). The summed E-state index contributed by atoms with van der Waals surface area (Å²) in [5.41, 5.74) is 7.95. The Hall–Kier alpha value is -5.24. The molecule has 0 radical (unpaired) electrons. The topological polar surface area (TPSA) is 99.1 Å². The van der Waals surface area contributed by atoms with E-state index >= 15 is 0 Å². The number of alkyl carbamates (subject to hydrolysis) is 1. The third kappa shape index (κ3) is 8.06. The van der Waals surface area contributed by atoms with Crippen molar-refractivity contribution >= 4 is 12.1 Å². The van der Waals surface area contributed by atoms with E-state index in [2.05, 4.69) is 58.7 Å². The number of carboxylic acids is 1. The molecule has 5 aromatic rings. The van der Waals surface area contributed by atoms with Crippen LogP contribution >= 0.6 is 0 Å². The van der Waals surface area contributed by atoms with Gasteiger partial charge in [-0.05, 0) is 63.9 Å². The zero-order valence-electron chi connectivity index (χ0n) is 28.9. The zero-order chi connectivity index (χ0) is 35.5. The maximum atomic E-state index is 12.7. The van der Waals surface area contributed by atoms with Crippen LogP contribution in [0.3, 0.4) is 0 Å². The molecule has 262 valence electrons. The van der Waals surface area contributed by atoms with E-state index in [0.717, 1.165) is 47.9 Å². The molecule has 0 spiro atoms. The van der Waals surface area contributed by atoms with Crippen molar-refractivity contribution in [3.05, 3.63) is 167 Å². The molecule has 0 heterocycles. The van der Waals surface area contributed by atoms with Gasteiger partial charge >= 0.3 is 12.1 Å². The summed E-state index contributed by atoms with van der Waals surface area (Å²) < 4.78 is 5.70. The second-order valence-corrected chi connectivity index (χ2v) is 13.1. The number of benzene rings is 5. The number of amides is 1. The van der Waals surface area contributed by atoms with Crippen molar-refractivity contribution in [3.8, 4) is 11.1 Å². The maximum Gasteiger partial charge on any atom is 0.407 e. The molecular formula is C44H46N2O5. The third-order valence-corrected chi connectivity index (χ3v) is 9.98. The number of carbonyl (C=O) groups is 2. The fourth-order valence-corrected chi connectivity index (χ4v) is 7.56. The number of hydrogen-bond acceptors (Lipinski definition) is 5. The summed E-state index contributed by atoms with van der Waals surface area (Å²) in [7, 11) is 0. The second-order valence-electron chi connectivity index (χ2n) is 13.1. The van der Waals surface area contributed by atoms with Crippen LogP contribution in [0, 0.1) is 0 Å². The van der Waals surface area contributed by atoms with Gasteiger partial charge < -0.3 is 20.3 Å². The summed E-state index contributed by atoms with van der Waals surface area (Å²) in [6.07, 6.45) is 3.08. The van der Waals surface area contributed by atoms with E-state index < -0.39 is 17.6 Å². The van der Waals surface area contributed by atoms with Crippen LogP contribution in [0.15, 0.2) is 133 Å². The predicted octanol–water partition coefficient (Wildman–Crippen LogP) is 8.35. The molecule has 7 nitrogen and oxygen atoms in total. The molecule has 6 rings (SSSR count). The van der Waals surface area contributed by atoms with Crippen LogP contribution in [0.5, 0.6) is 0 Å². The minimum atomic E-state index is -0.843. The van der Waals surface area contributed by atoms with E-state index in [-0.39, 0.29) is 18.9 Å². The lowest BCUT2D eigenvalue weighted by atomic mass is 9.75. The Labute approximate surface area is 300 Å². The number of rotatable bonds is 17. The largest absolute Gasteiger partial charge is 0.481 e. The van der Waals surface area contributed by atoms with Crippen LogP contribution in [0.2, 0.25) is 0 Å². The number of aliphatic hydroxyl groups is 1. The lowest BCUT2D eigenvalue weighted by Gasteiger charge is -2.46. The van der Waals surface area contributed by atoms with Gasteiger partial charge in [0.1, 0.15) is 6.61 Å². The van der Waals surface area contributed by atoms with Gasteiger partial charge in [-0.2, -0.15) is 0 Å². The van der Waals surface area contributed by atoms with Gasteiger partial charge in [0.25, 0.3) is 0 Å². The summed E-state index contributed by atoms with van der Waals surface area (Å²) in [6.45, 7) is 1.78.